The van der Waals surface area contributed by atoms with Crippen molar-refractivity contribution < 1.29 is 14.7 Å². The predicted octanol–water partition coefficient (Wildman–Crippen LogP) is 2.24. The molecule has 3 saturated carbocycles. The van der Waals surface area contributed by atoms with Gasteiger partial charge in [0.2, 0.25) is 5.91 Å². The van der Waals surface area contributed by atoms with E-state index in [2.05, 4.69) is 13.8 Å². The van der Waals surface area contributed by atoms with Gasteiger partial charge in [-0.3, -0.25) is 9.59 Å². The molecule has 4 atom stereocenters. The molecule has 0 heterocycles. The van der Waals surface area contributed by atoms with Crippen molar-refractivity contribution in [3.05, 3.63) is 0 Å². The van der Waals surface area contributed by atoms with E-state index in [1.54, 1.807) is 0 Å². The van der Waals surface area contributed by atoms with Gasteiger partial charge in [-0.05, 0) is 48.9 Å². The summed E-state index contributed by atoms with van der Waals surface area (Å²) >= 11 is 0. The highest BCUT2D eigenvalue weighted by Gasteiger charge is 2.67. The summed E-state index contributed by atoms with van der Waals surface area (Å²) in [6, 6.07) is 0. The molecule has 0 radical (unpaired) electrons. The molecule has 1 amide bonds. The summed E-state index contributed by atoms with van der Waals surface area (Å²) in [5.74, 6) is 2.91. The van der Waals surface area contributed by atoms with E-state index in [0.29, 0.717) is 30.8 Å². The van der Waals surface area contributed by atoms with Crippen molar-refractivity contribution in [3.63, 3.8) is 0 Å². The Labute approximate surface area is 120 Å². The summed E-state index contributed by atoms with van der Waals surface area (Å²) in [7, 11) is 0. The average Bonchev–Trinajstić information content (AvgIpc) is 2.81. The molecule has 3 aliphatic rings. The van der Waals surface area contributed by atoms with Gasteiger partial charge < -0.3 is 10.0 Å². The summed E-state index contributed by atoms with van der Waals surface area (Å²) in [5, 5.41) is 8.85. The van der Waals surface area contributed by atoms with Gasteiger partial charge >= 0.3 is 5.97 Å². The molecule has 0 aromatic rings. The zero-order valence-electron chi connectivity index (χ0n) is 12.4. The van der Waals surface area contributed by atoms with Crippen molar-refractivity contribution in [1.29, 1.82) is 0 Å². The van der Waals surface area contributed by atoms with Crippen molar-refractivity contribution in [3.8, 4) is 0 Å². The van der Waals surface area contributed by atoms with E-state index in [4.69, 9.17) is 5.11 Å². The standard InChI is InChI=1S/C16H25NO3/c1-9(2)8-17(6-5-12(18)19)16(20)15-13-10-3-4-11(7-10)14(13)15/h9-11,13-15H,3-8H2,1-2H3,(H,18,19). The van der Waals surface area contributed by atoms with Crippen molar-refractivity contribution in [2.45, 2.75) is 39.5 Å². The van der Waals surface area contributed by atoms with Gasteiger partial charge in [-0.25, -0.2) is 0 Å². The van der Waals surface area contributed by atoms with Crippen LogP contribution in [0.2, 0.25) is 0 Å². The summed E-state index contributed by atoms with van der Waals surface area (Å²) in [4.78, 5) is 25.3. The number of rotatable bonds is 6. The second kappa shape index (κ2) is 5.05. The normalized spacial score (nSPS) is 37.0. The highest BCUT2D eigenvalue weighted by atomic mass is 16.4. The number of carbonyl (C=O) groups is 2. The summed E-state index contributed by atoms with van der Waals surface area (Å²) in [5.41, 5.74) is 0. The Morgan fingerprint density at radius 2 is 1.80 bits per heavy atom. The molecule has 1 N–H and O–H groups in total. The van der Waals surface area contributed by atoms with Crippen LogP contribution in [0.5, 0.6) is 0 Å². The van der Waals surface area contributed by atoms with Crippen LogP contribution in [-0.4, -0.2) is 35.0 Å². The minimum atomic E-state index is -0.817. The molecule has 112 valence electrons. The van der Waals surface area contributed by atoms with Crippen molar-refractivity contribution in [2.24, 2.45) is 35.5 Å². The molecule has 3 rings (SSSR count). The Balaban J connectivity index is 1.62. The Morgan fingerprint density at radius 1 is 1.20 bits per heavy atom. The topological polar surface area (TPSA) is 57.6 Å². The van der Waals surface area contributed by atoms with Gasteiger partial charge in [0.15, 0.2) is 0 Å². The first kappa shape index (κ1) is 13.9. The molecule has 0 aliphatic heterocycles. The first-order valence-corrected chi connectivity index (χ1v) is 7.99. The fraction of sp³-hybridized carbons (Fsp3) is 0.875. The van der Waals surface area contributed by atoms with Crippen LogP contribution in [0, 0.1) is 35.5 Å². The average molecular weight is 279 g/mol. The number of fused-ring (bicyclic) bond motifs is 5. The molecule has 4 heteroatoms. The minimum Gasteiger partial charge on any atom is -0.481 e. The second-order valence-electron chi connectivity index (χ2n) is 7.34. The molecule has 4 nitrogen and oxygen atoms in total. The number of aliphatic carboxylic acids is 1. The lowest BCUT2D eigenvalue weighted by atomic mass is 10.0. The Bertz CT molecular complexity index is 404. The lowest BCUT2D eigenvalue weighted by Crippen LogP contribution is -2.38. The lowest BCUT2D eigenvalue weighted by molar-refractivity contribution is -0.139. The first-order chi connectivity index (χ1) is 9.49. The molecule has 2 bridgehead atoms. The fourth-order valence-electron chi connectivity index (χ4n) is 4.83. The molecule has 20 heavy (non-hydrogen) atoms. The molecule has 0 saturated heterocycles. The van der Waals surface area contributed by atoms with Crippen LogP contribution < -0.4 is 0 Å². The van der Waals surface area contributed by atoms with E-state index in [1.807, 2.05) is 4.90 Å². The van der Waals surface area contributed by atoms with Crippen LogP contribution in [0.15, 0.2) is 0 Å². The number of carboxylic acid groups (broad SMARTS) is 1. The Hall–Kier alpha value is -1.06. The van der Waals surface area contributed by atoms with Gasteiger partial charge in [0, 0.05) is 19.0 Å². The maximum atomic E-state index is 12.7. The summed E-state index contributed by atoms with van der Waals surface area (Å²) in [6.07, 6.45) is 4.04. The monoisotopic (exact) mass is 279 g/mol. The molecule has 0 aromatic heterocycles. The van der Waals surface area contributed by atoms with Crippen molar-refractivity contribution in [1.82, 2.24) is 4.90 Å². The second-order valence-corrected chi connectivity index (χ2v) is 7.34. The Kier molecular flexibility index (Phi) is 3.51. The van der Waals surface area contributed by atoms with Crippen molar-refractivity contribution in [2.75, 3.05) is 13.1 Å². The van der Waals surface area contributed by atoms with E-state index < -0.39 is 5.97 Å². The van der Waals surface area contributed by atoms with Gasteiger partial charge in [-0.2, -0.15) is 0 Å². The zero-order valence-corrected chi connectivity index (χ0v) is 12.4. The maximum Gasteiger partial charge on any atom is 0.305 e. The summed E-state index contributed by atoms with van der Waals surface area (Å²) in [6.45, 7) is 5.23. The largest absolute Gasteiger partial charge is 0.481 e. The van der Waals surface area contributed by atoms with E-state index in [1.165, 1.54) is 19.3 Å². The minimum absolute atomic E-state index is 0.0629. The molecule has 0 spiro atoms. The number of hydrogen-bond donors (Lipinski definition) is 1. The molecule has 3 fully saturated rings. The molecule has 4 unspecified atom stereocenters. The third-order valence-electron chi connectivity index (χ3n) is 5.51. The van der Waals surface area contributed by atoms with Crippen LogP contribution in [0.4, 0.5) is 0 Å². The highest BCUT2D eigenvalue weighted by molar-refractivity contribution is 5.83. The highest BCUT2D eigenvalue weighted by Crippen LogP contribution is 2.69. The van der Waals surface area contributed by atoms with E-state index in [-0.39, 0.29) is 18.2 Å². The third kappa shape index (κ3) is 2.33. The number of amides is 1. The zero-order chi connectivity index (χ0) is 14.4. The quantitative estimate of drug-likeness (QED) is 0.811. The van der Waals surface area contributed by atoms with Gasteiger partial charge in [0.05, 0.1) is 6.42 Å². The molecule has 3 aliphatic carbocycles. The van der Waals surface area contributed by atoms with Crippen LogP contribution in [-0.2, 0) is 9.59 Å². The summed E-state index contributed by atoms with van der Waals surface area (Å²) < 4.78 is 0. The smallest absolute Gasteiger partial charge is 0.305 e. The number of hydrogen-bond acceptors (Lipinski definition) is 2. The lowest BCUT2D eigenvalue weighted by Gasteiger charge is -2.25. The SMILES string of the molecule is CC(C)CN(CCC(=O)O)C(=O)C1C2C3CCC(C3)C12. The number of carbonyl (C=O) groups excluding carboxylic acids is 1. The first-order valence-electron chi connectivity index (χ1n) is 7.99. The van der Waals surface area contributed by atoms with Crippen LogP contribution in [0.3, 0.4) is 0 Å². The molecular formula is C16H25NO3. The van der Waals surface area contributed by atoms with Gasteiger partial charge in [-0.1, -0.05) is 13.8 Å². The third-order valence-corrected chi connectivity index (χ3v) is 5.51. The van der Waals surface area contributed by atoms with E-state index in [9.17, 15) is 9.59 Å². The van der Waals surface area contributed by atoms with Crippen LogP contribution in [0.1, 0.15) is 39.5 Å². The van der Waals surface area contributed by atoms with Gasteiger partial charge in [0.1, 0.15) is 0 Å². The van der Waals surface area contributed by atoms with Crippen LogP contribution >= 0.6 is 0 Å². The number of nitrogens with zero attached hydrogens (tertiary/aromatic N) is 1. The molecule has 0 aromatic carbocycles. The predicted molar refractivity (Wildman–Crippen MR) is 75.0 cm³/mol. The van der Waals surface area contributed by atoms with E-state index >= 15 is 0 Å². The van der Waals surface area contributed by atoms with Crippen LogP contribution in [0.25, 0.3) is 0 Å². The number of carboxylic acids is 1. The molecular weight excluding hydrogens is 254 g/mol. The van der Waals surface area contributed by atoms with Gasteiger partial charge in [0.25, 0.3) is 0 Å². The van der Waals surface area contributed by atoms with Gasteiger partial charge in [-0.15, -0.1) is 0 Å². The fourth-order valence-corrected chi connectivity index (χ4v) is 4.83. The maximum absolute atomic E-state index is 12.7. The van der Waals surface area contributed by atoms with E-state index in [0.717, 1.165) is 11.8 Å². The van der Waals surface area contributed by atoms with Crippen molar-refractivity contribution >= 4 is 11.9 Å². The Morgan fingerprint density at radius 3 is 2.30 bits per heavy atom.